The molecule has 0 spiro atoms. The number of hydrogen-bond donors (Lipinski definition) is 1. The van der Waals surface area contributed by atoms with E-state index in [1.54, 1.807) is 14.2 Å². The van der Waals surface area contributed by atoms with Crippen LogP contribution in [0.15, 0.2) is 17.1 Å². The van der Waals surface area contributed by atoms with Crippen LogP contribution in [0.25, 0.3) is 0 Å². The molecule has 1 aromatic rings. The molecule has 0 unspecified atom stereocenters. The average molecular weight is 389 g/mol. The Balaban J connectivity index is 1.57. The number of unbranched alkanes of at least 4 members (excludes halogenated alkanes) is 1. The van der Waals surface area contributed by atoms with E-state index in [2.05, 4.69) is 34.2 Å². The van der Waals surface area contributed by atoms with Crippen LogP contribution in [0, 0.1) is 0 Å². The zero-order chi connectivity index (χ0) is 19.8. The van der Waals surface area contributed by atoms with Crippen LogP contribution in [0.5, 0.6) is 11.5 Å². The second-order valence-corrected chi connectivity index (χ2v) is 7.64. The first-order valence-electron chi connectivity index (χ1n) is 10.7. The van der Waals surface area contributed by atoms with Gasteiger partial charge in [0.25, 0.3) is 0 Å². The van der Waals surface area contributed by atoms with Gasteiger partial charge in [-0.05, 0) is 81.9 Å². The number of ether oxygens (including phenoxy) is 2. The molecule has 1 aromatic carbocycles. The van der Waals surface area contributed by atoms with Crippen molar-refractivity contribution in [1.29, 1.82) is 0 Å². The highest BCUT2D eigenvalue weighted by Gasteiger charge is 2.21. The minimum Gasteiger partial charge on any atom is -0.493 e. The highest BCUT2D eigenvalue weighted by molar-refractivity contribution is 5.80. The van der Waals surface area contributed by atoms with Gasteiger partial charge in [0.1, 0.15) is 0 Å². The van der Waals surface area contributed by atoms with E-state index in [4.69, 9.17) is 14.5 Å². The summed E-state index contributed by atoms with van der Waals surface area (Å²) >= 11 is 0. The SMILES string of the molecule is CCNC(=NCCCCN1CCCC1)N1CCc2cc(OC)c(OC)cc2C1. The van der Waals surface area contributed by atoms with Crippen LogP contribution in [0.3, 0.4) is 0 Å². The third kappa shape index (κ3) is 5.31. The first kappa shape index (κ1) is 20.8. The molecule has 0 radical (unpaired) electrons. The number of fused-ring (bicyclic) bond motifs is 1. The van der Waals surface area contributed by atoms with Crippen molar-refractivity contribution in [3.8, 4) is 11.5 Å². The number of aliphatic imine (C=N–C) groups is 1. The topological polar surface area (TPSA) is 49.3 Å². The molecule has 1 saturated heterocycles. The number of benzene rings is 1. The Labute approximate surface area is 169 Å². The molecule has 0 saturated carbocycles. The van der Waals surface area contributed by atoms with Gasteiger partial charge < -0.3 is 24.6 Å². The van der Waals surface area contributed by atoms with Gasteiger partial charge in [-0.15, -0.1) is 0 Å². The van der Waals surface area contributed by atoms with Crippen molar-refractivity contribution in [2.75, 3.05) is 53.5 Å². The third-order valence-electron chi connectivity index (χ3n) is 5.70. The Morgan fingerprint density at radius 1 is 1.04 bits per heavy atom. The number of rotatable bonds is 8. The van der Waals surface area contributed by atoms with Crippen molar-refractivity contribution < 1.29 is 9.47 Å². The summed E-state index contributed by atoms with van der Waals surface area (Å²) in [5.41, 5.74) is 2.64. The molecule has 0 aliphatic carbocycles. The molecule has 2 aliphatic rings. The van der Waals surface area contributed by atoms with Gasteiger partial charge >= 0.3 is 0 Å². The van der Waals surface area contributed by atoms with Gasteiger partial charge in [-0.3, -0.25) is 4.99 Å². The molecule has 0 aromatic heterocycles. The van der Waals surface area contributed by atoms with E-state index in [9.17, 15) is 0 Å². The number of hydrogen-bond acceptors (Lipinski definition) is 4. The minimum atomic E-state index is 0.798. The fourth-order valence-corrected chi connectivity index (χ4v) is 4.13. The maximum absolute atomic E-state index is 5.49. The molecule has 0 bridgehead atoms. The Bertz CT molecular complexity index is 656. The fraction of sp³-hybridized carbons (Fsp3) is 0.682. The molecule has 0 amide bonds. The average Bonchev–Trinajstić information content (AvgIpc) is 3.24. The second-order valence-electron chi connectivity index (χ2n) is 7.64. The van der Waals surface area contributed by atoms with Crippen molar-refractivity contribution >= 4 is 5.96 Å². The number of guanidine groups is 1. The predicted molar refractivity (Wildman–Crippen MR) is 115 cm³/mol. The van der Waals surface area contributed by atoms with Crippen LogP contribution >= 0.6 is 0 Å². The van der Waals surface area contributed by atoms with E-state index in [0.717, 1.165) is 56.5 Å². The monoisotopic (exact) mass is 388 g/mol. The summed E-state index contributed by atoms with van der Waals surface area (Å²) in [5.74, 6) is 2.64. The zero-order valence-electron chi connectivity index (χ0n) is 17.8. The van der Waals surface area contributed by atoms with Crippen molar-refractivity contribution in [3.05, 3.63) is 23.3 Å². The van der Waals surface area contributed by atoms with Gasteiger partial charge in [-0.1, -0.05) is 0 Å². The lowest BCUT2D eigenvalue weighted by molar-refractivity contribution is 0.330. The van der Waals surface area contributed by atoms with Crippen LogP contribution in [0.4, 0.5) is 0 Å². The van der Waals surface area contributed by atoms with E-state index >= 15 is 0 Å². The molecule has 6 nitrogen and oxygen atoms in total. The third-order valence-corrected chi connectivity index (χ3v) is 5.70. The summed E-state index contributed by atoms with van der Waals surface area (Å²) in [5, 5.41) is 3.48. The van der Waals surface area contributed by atoms with Gasteiger partial charge in [-0.2, -0.15) is 0 Å². The number of likely N-dealkylation sites (tertiary alicyclic amines) is 1. The zero-order valence-corrected chi connectivity index (χ0v) is 17.8. The first-order chi connectivity index (χ1) is 13.7. The van der Waals surface area contributed by atoms with Crippen molar-refractivity contribution in [2.45, 2.75) is 45.6 Å². The van der Waals surface area contributed by atoms with E-state index in [-0.39, 0.29) is 0 Å². The predicted octanol–water partition coefficient (Wildman–Crippen LogP) is 2.90. The maximum atomic E-state index is 5.49. The van der Waals surface area contributed by atoms with Crippen molar-refractivity contribution in [1.82, 2.24) is 15.1 Å². The smallest absolute Gasteiger partial charge is 0.194 e. The van der Waals surface area contributed by atoms with Crippen LogP contribution in [0.2, 0.25) is 0 Å². The Hall–Kier alpha value is -1.95. The molecule has 6 heteroatoms. The molecule has 1 N–H and O–H groups in total. The lowest BCUT2D eigenvalue weighted by Gasteiger charge is -2.32. The fourth-order valence-electron chi connectivity index (χ4n) is 4.13. The summed E-state index contributed by atoms with van der Waals surface area (Å²) < 4.78 is 10.9. The maximum Gasteiger partial charge on any atom is 0.194 e. The molecule has 3 rings (SSSR count). The van der Waals surface area contributed by atoms with Gasteiger partial charge in [0.15, 0.2) is 17.5 Å². The largest absolute Gasteiger partial charge is 0.493 e. The molecular formula is C22H36N4O2. The van der Waals surface area contributed by atoms with E-state index in [1.807, 2.05) is 0 Å². The van der Waals surface area contributed by atoms with E-state index in [0.29, 0.717) is 0 Å². The summed E-state index contributed by atoms with van der Waals surface area (Å²) in [7, 11) is 3.39. The molecule has 1 fully saturated rings. The van der Waals surface area contributed by atoms with E-state index < -0.39 is 0 Å². The summed E-state index contributed by atoms with van der Waals surface area (Å²) in [6, 6.07) is 4.23. The molecule has 2 heterocycles. The first-order valence-corrected chi connectivity index (χ1v) is 10.7. The number of nitrogens with one attached hydrogen (secondary N) is 1. The highest BCUT2D eigenvalue weighted by atomic mass is 16.5. The van der Waals surface area contributed by atoms with Gasteiger partial charge in [-0.25, -0.2) is 0 Å². The lowest BCUT2D eigenvalue weighted by atomic mass is 9.99. The van der Waals surface area contributed by atoms with Crippen LogP contribution < -0.4 is 14.8 Å². The van der Waals surface area contributed by atoms with Gasteiger partial charge in [0.05, 0.1) is 14.2 Å². The lowest BCUT2D eigenvalue weighted by Crippen LogP contribution is -2.44. The van der Waals surface area contributed by atoms with E-state index in [1.165, 1.54) is 50.0 Å². The quantitative estimate of drug-likeness (QED) is 0.422. The molecule has 0 atom stereocenters. The summed E-state index contributed by atoms with van der Waals surface area (Å²) in [4.78, 5) is 9.85. The molecule has 28 heavy (non-hydrogen) atoms. The normalized spacial score (nSPS) is 17.5. The second kappa shape index (κ2) is 10.6. The molecule has 156 valence electrons. The number of methoxy groups -OCH3 is 2. The molecular weight excluding hydrogens is 352 g/mol. The molecule has 2 aliphatic heterocycles. The number of nitrogens with zero attached hydrogens (tertiary/aromatic N) is 3. The van der Waals surface area contributed by atoms with Gasteiger partial charge in [0.2, 0.25) is 0 Å². The minimum absolute atomic E-state index is 0.798. The van der Waals surface area contributed by atoms with Crippen molar-refractivity contribution in [3.63, 3.8) is 0 Å². The van der Waals surface area contributed by atoms with Crippen LogP contribution in [-0.2, 0) is 13.0 Å². The Morgan fingerprint density at radius 2 is 1.75 bits per heavy atom. The van der Waals surface area contributed by atoms with Crippen LogP contribution in [-0.4, -0.2) is 69.2 Å². The summed E-state index contributed by atoms with van der Waals surface area (Å²) in [6.45, 7) is 9.55. The Kier molecular flexibility index (Phi) is 7.83. The van der Waals surface area contributed by atoms with Crippen molar-refractivity contribution in [2.24, 2.45) is 4.99 Å². The Morgan fingerprint density at radius 3 is 2.43 bits per heavy atom. The highest BCUT2D eigenvalue weighted by Crippen LogP contribution is 2.33. The van der Waals surface area contributed by atoms with Gasteiger partial charge in [0, 0.05) is 26.2 Å². The van der Waals surface area contributed by atoms with Crippen LogP contribution in [0.1, 0.15) is 43.7 Å². The summed E-state index contributed by atoms with van der Waals surface area (Å²) in [6.07, 6.45) is 6.13. The standard InChI is InChI=1S/C22H36N4O2/c1-4-23-22(24-10-5-6-11-25-12-7-8-13-25)26-14-9-18-15-20(27-2)21(28-3)16-19(18)17-26/h15-16H,4-14,17H2,1-3H3,(H,23,24).